The summed E-state index contributed by atoms with van der Waals surface area (Å²) < 4.78 is 16.4. The summed E-state index contributed by atoms with van der Waals surface area (Å²) in [6, 6.07) is 3.71. The molecule has 3 rings (SSSR count). The number of hydrogen-bond acceptors (Lipinski definition) is 6. The average molecular weight is 373 g/mol. The summed E-state index contributed by atoms with van der Waals surface area (Å²) in [5.41, 5.74) is 2.60. The highest BCUT2D eigenvalue weighted by molar-refractivity contribution is 5.50. The zero-order valence-corrected chi connectivity index (χ0v) is 16.6. The number of rotatable bonds is 6. The van der Waals surface area contributed by atoms with Crippen LogP contribution in [0, 0.1) is 0 Å². The van der Waals surface area contributed by atoms with Gasteiger partial charge in [-0.3, -0.25) is 9.69 Å². The molecule has 146 valence electrons. The fourth-order valence-electron chi connectivity index (χ4n) is 3.38. The monoisotopic (exact) mass is 373 g/mol. The quantitative estimate of drug-likeness (QED) is 0.838. The summed E-state index contributed by atoms with van der Waals surface area (Å²) in [6.45, 7) is 6.09. The molecule has 1 aliphatic rings. The van der Waals surface area contributed by atoms with Gasteiger partial charge in [0.1, 0.15) is 23.1 Å². The smallest absolute Gasteiger partial charge is 0.254 e. The second-order valence-electron chi connectivity index (χ2n) is 7.00. The maximum Gasteiger partial charge on any atom is 0.254 e. The molecule has 1 aromatic carbocycles. The molecular weight excluding hydrogens is 346 g/mol. The van der Waals surface area contributed by atoms with Gasteiger partial charge in [-0.1, -0.05) is 13.8 Å². The van der Waals surface area contributed by atoms with Gasteiger partial charge in [0.2, 0.25) is 0 Å². The van der Waals surface area contributed by atoms with Crippen molar-refractivity contribution in [1.82, 2.24) is 14.9 Å². The SMILES string of the molecule is COc1cc(OC)c(CN2CCc3c(nc(C(C)C)[nH]c3=O)C2)c(OC)c1. The molecule has 1 N–H and O–H groups in total. The van der Waals surface area contributed by atoms with Gasteiger partial charge in [-0.15, -0.1) is 0 Å². The van der Waals surface area contributed by atoms with Crippen LogP contribution in [0.5, 0.6) is 17.2 Å². The van der Waals surface area contributed by atoms with Crippen LogP contribution in [-0.4, -0.2) is 42.7 Å². The molecule has 1 aliphatic heterocycles. The minimum absolute atomic E-state index is 0.0111. The standard InChI is InChI=1S/C20H27N3O4/c1-12(2)19-21-16-11-23(7-6-14(16)20(24)22-19)10-15-17(26-4)8-13(25-3)9-18(15)27-5/h8-9,12H,6-7,10-11H2,1-5H3,(H,21,22,24). The summed E-state index contributed by atoms with van der Waals surface area (Å²) in [7, 11) is 4.89. The lowest BCUT2D eigenvalue weighted by molar-refractivity contribution is 0.232. The van der Waals surface area contributed by atoms with Crippen LogP contribution < -0.4 is 19.8 Å². The van der Waals surface area contributed by atoms with E-state index in [9.17, 15) is 4.79 Å². The first-order valence-electron chi connectivity index (χ1n) is 9.10. The van der Waals surface area contributed by atoms with Gasteiger partial charge in [0, 0.05) is 43.2 Å². The Morgan fingerprint density at radius 3 is 2.37 bits per heavy atom. The van der Waals surface area contributed by atoms with Crippen LogP contribution in [0.2, 0.25) is 0 Å². The number of aromatic nitrogens is 2. The molecule has 7 nitrogen and oxygen atoms in total. The highest BCUT2D eigenvalue weighted by Crippen LogP contribution is 2.35. The molecule has 0 atom stereocenters. The number of hydrogen-bond donors (Lipinski definition) is 1. The van der Waals surface area contributed by atoms with E-state index < -0.39 is 0 Å². The molecular formula is C20H27N3O4. The van der Waals surface area contributed by atoms with Crippen LogP contribution in [-0.2, 0) is 19.5 Å². The number of fused-ring (bicyclic) bond motifs is 1. The Bertz CT molecular complexity index is 851. The van der Waals surface area contributed by atoms with Crippen molar-refractivity contribution >= 4 is 0 Å². The van der Waals surface area contributed by atoms with Crippen molar-refractivity contribution in [1.29, 1.82) is 0 Å². The van der Waals surface area contributed by atoms with Crippen molar-refractivity contribution < 1.29 is 14.2 Å². The number of H-pyrrole nitrogens is 1. The molecule has 0 unspecified atom stereocenters. The fourth-order valence-corrected chi connectivity index (χ4v) is 3.38. The van der Waals surface area contributed by atoms with Crippen LogP contribution in [0.25, 0.3) is 0 Å². The average Bonchev–Trinajstić information content (AvgIpc) is 2.67. The predicted octanol–water partition coefficient (Wildman–Crippen LogP) is 2.48. The maximum absolute atomic E-state index is 12.4. The third kappa shape index (κ3) is 3.93. The van der Waals surface area contributed by atoms with Gasteiger partial charge < -0.3 is 19.2 Å². The van der Waals surface area contributed by atoms with Crippen LogP contribution in [0.3, 0.4) is 0 Å². The van der Waals surface area contributed by atoms with E-state index >= 15 is 0 Å². The van der Waals surface area contributed by atoms with E-state index in [1.165, 1.54) is 0 Å². The van der Waals surface area contributed by atoms with E-state index in [1.54, 1.807) is 21.3 Å². The molecule has 0 spiro atoms. The van der Waals surface area contributed by atoms with Crippen molar-refractivity contribution in [3.8, 4) is 17.2 Å². The molecule has 7 heteroatoms. The molecule has 0 amide bonds. The molecule has 2 aromatic rings. The molecule has 27 heavy (non-hydrogen) atoms. The zero-order valence-electron chi connectivity index (χ0n) is 16.6. The Hall–Kier alpha value is -2.54. The summed E-state index contributed by atoms with van der Waals surface area (Å²) in [5, 5.41) is 0. The largest absolute Gasteiger partial charge is 0.496 e. The third-order valence-electron chi connectivity index (χ3n) is 4.92. The number of methoxy groups -OCH3 is 3. The summed E-state index contributed by atoms with van der Waals surface area (Å²) in [4.78, 5) is 22.2. The Morgan fingerprint density at radius 2 is 1.81 bits per heavy atom. The van der Waals surface area contributed by atoms with Crippen molar-refractivity contribution in [2.45, 2.75) is 39.3 Å². The topological polar surface area (TPSA) is 76.7 Å². The fraction of sp³-hybridized carbons (Fsp3) is 0.500. The van der Waals surface area contributed by atoms with E-state index in [0.29, 0.717) is 25.3 Å². The Morgan fingerprint density at radius 1 is 1.15 bits per heavy atom. The van der Waals surface area contributed by atoms with Crippen LogP contribution in [0.1, 0.15) is 42.4 Å². The van der Waals surface area contributed by atoms with Crippen molar-refractivity contribution in [3.05, 3.63) is 45.1 Å². The van der Waals surface area contributed by atoms with Crippen molar-refractivity contribution in [2.75, 3.05) is 27.9 Å². The number of aromatic amines is 1. The second-order valence-corrected chi connectivity index (χ2v) is 7.00. The van der Waals surface area contributed by atoms with E-state index in [0.717, 1.165) is 40.7 Å². The second kappa shape index (κ2) is 8.00. The van der Waals surface area contributed by atoms with Gasteiger partial charge in [-0.2, -0.15) is 0 Å². The molecule has 0 radical (unpaired) electrons. The highest BCUT2D eigenvalue weighted by atomic mass is 16.5. The van der Waals surface area contributed by atoms with E-state index in [4.69, 9.17) is 19.2 Å². The van der Waals surface area contributed by atoms with Crippen LogP contribution >= 0.6 is 0 Å². The Balaban J connectivity index is 1.90. The predicted molar refractivity (Wildman–Crippen MR) is 103 cm³/mol. The van der Waals surface area contributed by atoms with Crippen molar-refractivity contribution in [2.24, 2.45) is 0 Å². The third-order valence-corrected chi connectivity index (χ3v) is 4.92. The first-order chi connectivity index (χ1) is 13.0. The minimum Gasteiger partial charge on any atom is -0.496 e. The van der Waals surface area contributed by atoms with E-state index in [2.05, 4.69) is 9.88 Å². The summed E-state index contributed by atoms with van der Waals surface area (Å²) in [6.07, 6.45) is 0.677. The highest BCUT2D eigenvalue weighted by Gasteiger charge is 2.24. The number of nitrogens with zero attached hydrogens (tertiary/aromatic N) is 2. The van der Waals surface area contributed by atoms with Crippen LogP contribution in [0.4, 0.5) is 0 Å². The number of benzene rings is 1. The van der Waals surface area contributed by atoms with Gasteiger partial charge >= 0.3 is 0 Å². The minimum atomic E-state index is -0.0111. The van der Waals surface area contributed by atoms with Crippen molar-refractivity contribution in [3.63, 3.8) is 0 Å². The van der Waals surface area contributed by atoms with Gasteiger partial charge in [0.15, 0.2) is 0 Å². The maximum atomic E-state index is 12.4. The molecule has 0 bridgehead atoms. The summed E-state index contributed by atoms with van der Waals surface area (Å²) >= 11 is 0. The molecule has 0 fully saturated rings. The van der Waals surface area contributed by atoms with Gasteiger partial charge in [-0.05, 0) is 6.42 Å². The molecule has 0 saturated carbocycles. The Kier molecular flexibility index (Phi) is 5.70. The first-order valence-corrected chi connectivity index (χ1v) is 9.10. The summed E-state index contributed by atoms with van der Waals surface area (Å²) in [5.74, 6) is 3.05. The van der Waals surface area contributed by atoms with Gasteiger partial charge in [0.05, 0.1) is 32.6 Å². The molecule has 2 heterocycles. The van der Waals surface area contributed by atoms with E-state index in [1.807, 2.05) is 26.0 Å². The first kappa shape index (κ1) is 19.2. The van der Waals surface area contributed by atoms with Gasteiger partial charge in [0.25, 0.3) is 5.56 Å². The van der Waals surface area contributed by atoms with Crippen LogP contribution in [0.15, 0.2) is 16.9 Å². The lowest BCUT2D eigenvalue weighted by Gasteiger charge is -2.29. The lowest BCUT2D eigenvalue weighted by atomic mass is 10.0. The molecule has 0 aliphatic carbocycles. The van der Waals surface area contributed by atoms with Gasteiger partial charge in [-0.25, -0.2) is 4.98 Å². The number of ether oxygens (including phenoxy) is 3. The molecule has 1 aromatic heterocycles. The Labute approximate surface area is 159 Å². The van der Waals surface area contributed by atoms with E-state index in [-0.39, 0.29) is 11.5 Å². The zero-order chi connectivity index (χ0) is 19.6. The normalized spacial score (nSPS) is 14.1. The number of nitrogens with one attached hydrogen (secondary N) is 1. The molecule has 0 saturated heterocycles. The lowest BCUT2D eigenvalue weighted by Crippen LogP contribution is -2.35.